The molecule has 6 rings (SSSR count). The van der Waals surface area contributed by atoms with E-state index in [9.17, 15) is 19.5 Å². The molecular formula is C27H28N2O5. The first-order chi connectivity index (χ1) is 16.3. The Bertz CT molecular complexity index is 1160. The van der Waals surface area contributed by atoms with Gasteiger partial charge in [0.05, 0.1) is 10.8 Å². The standard InChI is InChI=1S/C27H28N2O5/c1-26(24(31)32)14-29(15-26)23(30)27-11-16(27)10-17(12-27)28-25(33)34-13-22-20-8-4-2-6-18(20)19-7-3-5-9-21(19)22/h2-9,16-17,22H,10-15H2,1H3,(H,28,33)(H,31,32). The van der Waals surface area contributed by atoms with Gasteiger partial charge >= 0.3 is 12.1 Å². The third kappa shape index (κ3) is 3.13. The van der Waals surface area contributed by atoms with Crippen LogP contribution in [-0.4, -0.2) is 53.7 Å². The first-order valence-electron chi connectivity index (χ1n) is 11.9. The fourth-order valence-electron chi connectivity index (χ4n) is 6.46. The van der Waals surface area contributed by atoms with Crippen molar-refractivity contribution in [3.05, 3.63) is 59.7 Å². The lowest BCUT2D eigenvalue weighted by Gasteiger charge is -2.46. The predicted molar refractivity (Wildman–Crippen MR) is 124 cm³/mol. The van der Waals surface area contributed by atoms with Crippen LogP contribution in [0.15, 0.2) is 48.5 Å². The molecule has 1 aliphatic heterocycles. The number of nitrogens with one attached hydrogen (secondary N) is 1. The number of carbonyl (C=O) groups excluding carboxylic acids is 2. The molecule has 3 aliphatic carbocycles. The third-order valence-corrected chi connectivity index (χ3v) is 8.39. The van der Waals surface area contributed by atoms with Crippen molar-refractivity contribution >= 4 is 18.0 Å². The highest BCUT2D eigenvalue weighted by Crippen LogP contribution is 2.65. The second-order valence-corrected chi connectivity index (χ2v) is 10.7. The van der Waals surface area contributed by atoms with E-state index in [1.165, 1.54) is 22.3 Å². The number of carboxylic acids is 1. The van der Waals surface area contributed by atoms with Crippen LogP contribution in [0.2, 0.25) is 0 Å². The number of ether oxygens (including phenoxy) is 1. The number of amides is 2. The molecule has 3 unspecified atom stereocenters. The summed E-state index contributed by atoms with van der Waals surface area (Å²) in [4.78, 5) is 38.7. The molecule has 3 fully saturated rings. The number of benzene rings is 2. The summed E-state index contributed by atoms with van der Waals surface area (Å²) in [6.07, 6.45) is 1.74. The minimum absolute atomic E-state index is 0.0120. The molecule has 0 bridgehead atoms. The van der Waals surface area contributed by atoms with Crippen molar-refractivity contribution in [2.24, 2.45) is 16.7 Å². The number of nitrogens with zero attached hydrogens (tertiary/aromatic N) is 1. The smallest absolute Gasteiger partial charge is 0.407 e. The Morgan fingerprint density at radius 3 is 2.26 bits per heavy atom. The Morgan fingerprint density at radius 2 is 1.65 bits per heavy atom. The lowest BCUT2D eigenvalue weighted by Crippen LogP contribution is -2.62. The van der Waals surface area contributed by atoms with E-state index in [0.717, 1.165) is 12.8 Å². The van der Waals surface area contributed by atoms with Crippen LogP contribution in [-0.2, 0) is 14.3 Å². The van der Waals surface area contributed by atoms with Gasteiger partial charge in [-0.15, -0.1) is 0 Å². The fourth-order valence-corrected chi connectivity index (χ4v) is 6.46. The van der Waals surface area contributed by atoms with E-state index < -0.39 is 22.9 Å². The predicted octanol–water partition coefficient (Wildman–Crippen LogP) is 3.63. The van der Waals surface area contributed by atoms with Gasteiger partial charge < -0.3 is 20.1 Å². The average molecular weight is 461 g/mol. The summed E-state index contributed by atoms with van der Waals surface area (Å²) >= 11 is 0. The molecule has 1 saturated heterocycles. The average Bonchev–Trinajstić information content (AvgIpc) is 3.23. The Balaban J connectivity index is 1.05. The maximum Gasteiger partial charge on any atom is 0.407 e. The van der Waals surface area contributed by atoms with Crippen molar-refractivity contribution in [2.45, 2.75) is 38.1 Å². The summed E-state index contributed by atoms with van der Waals surface area (Å²) in [5.41, 5.74) is 3.45. The maximum atomic E-state index is 13.1. The normalized spacial score (nSPS) is 27.7. The van der Waals surface area contributed by atoms with Gasteiger partial charge in [-0.05, 0) is 54.4 Å². The van der Waals surface area contributed by atoms with Crippen molar-refractivity contribution in [2.75, 3.05) is 19.7 Å². The highest BCUT2D eigenvalue weighted by Gasteiger charge is 2.67. The molecule has 2 amide bonds. The molecule has 0 aromatic heterocycles. The van der Waals surface area contributed by atoms with Crippen LogP contribution >= 0.6 is 0 Å². The number of carbonyl (C=O) groups is 3. The molecule has 176 valence electrons. The van der Waals surface area contributed by atoms with Crippen LogP contribution in [0.25, 0.3) is 11.1 Å². The highest BCUT2D eigenvalue weighted by atomic mass is 16.5. The zero-order valence-electron chi connectivity index (χ0n) is 19.1. The van der Waals surface area contributed by atoms with Crippen LogP contribution < -0.4 is 5.32 Å². The number of hydrogen-bond acceptors (Lipinski definition) is 4. The molecule has 3 atom stereocenters. The second kappa shape index (κ2) is 7.32. The number of alkyl carbamates (subject to hydrolysis) is 1. The van der Waals surface area contributed by atoms with Crippen LogP contribution in [0.3, 0.4) is 0 Å². The molecule has 2 N–H and O–H groups in total. The number of carboxylic acid groups (broad SMARTS) is 1. The van der Waals surface area contributed by atoms with Gasteiger partial charge in [-0.1, -0.05) is 48.5 Å². The first kappa shape index (κ1) is 21.2. The minimum atomic E-state index is -0.859. The molecule has 0 radical (unpaired) electrons. The number of aliphatic carboxylic acids is 1. The van der Waals surface area contributed by atoms with Gasteiger partial charge in [-0.3, -0.25) is 9.59 Å². The molecule has 7 nitrogen and oxygen atoms in total. The van der Waals surface area contributed by atoms with Gasteiger partial charge in [0.25, 0.3) is 0 Å². The molecule has 1 heterocycles. The highest BCUT2D eigenvalue weighted by molar-refractivity contribution is 5.90. The van der Waals surface area contributed by atoms with Crippen molar-refractivity contribution in [1.82, 2.24) is 10.2 Å². The molecular weight excluding hydrogens is 432 g/mol. The zero-order chi connectivity index (χ0) is 23.7. The van der Waals surface area contributed by atoms with E-state index in [-0.39, 0.29) is 43.5 Å². The minimum Gasteiger partial charge on any atom is -0.481 e. The van der Waals surface area contributed by atoms with E-state index in [1.807, 2.05) is 24.3 Å². The number of fused-ring (bicyclic) bond motifs is 4. The Morgan fingerprint density at radius 1 is 1.03 bits per heavy atom. The molecule has 2 aromatic carbocycles. The number of rotatable bonds is 5. The van der Waals surface area contributed by atoms with Crippen LogP contribution in [0, 0.1) is 16.7 Å². The van der Waals surface area contributed by atoms with Crippen LogP contribution in [0.1, 0.15) is 43.2 Å². The maximum absolute atomic E-state index is 13.1. The van der Waals surface area contributed by atoms with Gasteiger partial charge in [-0.2, -0.15) is 0 Å². The summed E-state index contributed by atoms with van der Waals surface area (Å²) in [6.45, 7) is 2.47. The molecule has 4 aliphatic rings. The molecule has 34 heavy (non-hydrogen) atoms. The summed E-state index contributed by atoms with van der Waals surface area (Å²) in [6, 6.07) is 16.4. The number of hydrogen-bond donors (Lipinski definition) is 2. The zero-order valence-corrected chi connectivity index (χ0v) is 19.1. The van der Waals surface area contributed by atoms with Crippen molar-refractivity contribution in [3.8, 4) is 11.1 Å². The van der Waals surface area contributed by atoms with Crippen molar-refractivity contribution in [1.29, 1.82) is 0 Å². The van der Waals surface area contributed by atoms with E-state index in [1.54, 1.807) is 11.8 Å². The van der Waals surface area contributed by atoms with Gasteiger partial charge in [-0.25, -0.2) is 4.79 Å². The van der Waals surface area contributed by atoms with Gasteiger partial charge in [0.2, 0.25) is 5.91 Å². The summed E-state index contributed by atoms with van der Waals surface area (Å²) in [7, 11) is 0. The number of likely N-dealkylation sites (tertiary alicyclic amines) is 1. The Kier molecular flexibility index (Phi) is 4.57. The van der Waals surface area contributed by atoms with E-state index in [2.05, 4.69) is 29.6 Å². The van der Waals surface area contributed by atoms with Crippen molar-refractivity contribution < 1.29 is 24.2 Å². The lowest BCUT2D eigenvalue weighted by atomic mass is 9.80. The van der Waals surface area contributed by atoms with E-state index in [0.29, 0.717) is 6.42 Å². The topological polar surface area (TPSA) is 95.9 Å². The fraction of sp³-hybridized carbons (Fsp3) is 0.444. The van der Waals surface area contributed by atoms with Gasteiger partial charge in [0, 0.05) is 25.0 Å². The molecule has 2 aromatic rings. The van der Waals surface area contributed by atoms with E-state index >= 15 is 0 Å². The summed E-state index contributed by atoms with van der Waals surface area (Å²) < 4.78 is 5.67. The van der Waals surface area contributed by atoms with Crippen LogP contribution in [0.5, 0.6) is 0 Å². The Labute approximate surface area is 198 Å². The molecule has 2 saturated carbocycles. The Hall–Kier alpha value is -3.35. The summed E-state index contributed by atoms with van der Waals surface area (Å²) in [5, 5.41) is 12.3. The SMILES string of the molecule is CC1(C(=O)O)CN(C(=O)C23CC(NC(=O)OCC4c5ccccc5-c5ccccc54)CC2C3)C1. The van der Waals surface area contributed by atoms with E-state index in [4.69, 9.17) is 4.74 Å². The lowest BCUT2D eigenvalue weighted by molar-refractivity contribution is -0.166. The van der Waals surface area contributed by atoms with Gasteiger partial charge in [0.15, 0.2) is 0 Å². The first-order valence-corrected chi connectivity index (χ1v) is 11.9. The third-order valence-electron chi connectivity index (χ3n) is 8.39. The summed E-state index contributed by atoms with van der Waals surface area (Å²) in [5.74, 6) is -0.538. The van der Waals surface area contributed by atoms with Gasteiger partial charge in [0.1, 0.15) is 6.61 Å². The monoisotopic (exact) mass is 460 g/mol. The molecule has 7 heteroatoms. The van der Waals surface area contributed by atoms with Crippen molar-refractivity contribution in [3.63, 3.8) is 0 Å². The quantitative estimate of drug-likeness (QED) is 0.711. The largest absolute Gasteiger partial charge is 0.481 e. The second-order valence-electron chi connectivity index (χ2n) is 10.7. The molecule has 0 spiro atoms. The van der Waals surface area contributed by atoms with Crippen LogP contribution in [0.4, 0.5) is 4.79 Å².